The minimum atomic E-state index is -1.22. The zero-order valence-electron chi connectivity index (χ0n) is 13.7. The summed E-state index contributed by atoms with van der Waals surface area (Å²) in [5, 5.41) is 10.6. The van der Waals surface area contributed by atoms with Crippen LogP contribution in [0.25, 0.3) is 0 Å². The topological polar surface area (TPSA) is 60.9 Å². The summed E-state index contributed by atoms with van der Waals surface area (Å²) in [6, 6.07) is 5.48. The van der Waals surface area contributed by atoms with E-state index >= 15 is 0 Å². The molecule has 1 aromatic carbocycles. The zero-order chi connectivity index (χ0) is 17.2. The Balaban J connectivity index is 1.58. The van der Waals surface area contributed by atoms with Gasteiger partial charge >= 0.3 is 0 Å². The molecule has 0 atom stereocenters. The Morgan fingerprint density at radius 1 is 0.917 bits per heavy atom. The minimum absolute atomic E-state index is 0.154. The third-order valence-corrected chi connectivity index (χ3v) is 5.02. The number of carbonyl (C=O) groups is 2. The summed E-state index contributed by atoms with van der Waals surface area (Å²) >= 11 is 0. The number of aliphatic hydroxyl groups is 1. The van der Waals surface area contributed by atoms with Gasteiger partial charge < -0.3 is 14.9 Å². The van der Waals surface area contributed by atoms with Crippen LogP contribution in [0.5, 0.6) is 0 Å². The fraction of sp³-hybridized carbons (Fsp3) is 0.556. The first-order valence-corrected chi connectivity index (χ1v) is 8.56. The van der Waals surface area contributed by atoms with Gasteiger partial charge in [-0.3, -0.25) is 9.59 Å². The first-order valence-electron chi connectivity index (χ1n) is 8.56. The molecule has 0 spiro atoms. The van der Waals surface area contributed by atoms with Crippen molar-refractivity contribution >= 4 is 11.8 Å². The Kier molecular flexibility index (Phi) is 4.85. The van der Waals surface area contributed by atoms with Gasteiger partial charge in [0.1, 0.15) is 11.4 Å². The third-order valence-electron chi connectivity index (χ3n) is 5.02. The maximum Gasteiger partial charge on any atom is 0.254 e. The van der Waals surface area contributed by atoms with Crippen molar-refractivity contribution in [2.24, 2.45) is 0 Å². The molecule has 130 valence electrons. The number of rotatable bonds is 2. The second kappa shape index (κ2) is 6.89. The molecule has 1 N–H and O–H groups in total. The highest BCUT2D eigenvalue weighted by atomic mass is 19.1. The quantitative estimate of drug-likeness (QED) is 0.897. The van der Waals surface area contributed by atoms with Crippen LogP contribution in [-0.4, -0.2) is 58.5 Å². The standard InChI is InChI=1S/C18H23FN2O3/c19-15-6-4-14(5-7-15)16(22)20-10-12-21(13-11-20)17(23)18(24)8-2-1-3-9-18/h4-7,24H,1-3,8-13H2. The molecule has 1 aromatic rings. The van der Waals surface area contributed by atoms with Gasteiger partial charge in [-0.15, -0.1) is 0 Å². The van der Waals surface area contributed by atoms with E-state index < -0.39 is 5.60 Å². The van der Waals surface area contributed by atoms with E-state index in [1.165, 1.54) is 24.3 Å². The van der Waals surface area contributed by atoms with Gasteiger partial charge in [0.2, 0.25) is 0 Å². The molecule has 2 aliphatic rings. The summed E-state index contributed by atoms with van der Waals surface area (Å²) < 4.78 is 13.0. The van der Waals surface area contributed by atoms with Crippen LogP contribution >= 0.6 is 0 Å². The summed E-state index contributed by atoms with van der Waals surface area (Å²) in [6.07, 6.45) is 3.88. The number of amides is 2. The predicted molar refractivity (Wildman–Crippen MR) is 86.9 cm³/mol. The molecule has 1 aliphatic heterocycles. The van der Waals surface area contributed by atoms with E-state index in [4.69, 9.17) is 0 Å². The van der Waals surface area contributed by atoms with E-state index in [9.17, 15) is 19.1 Å². The molecule has 2 amide bonds. The van der Waals surface area contributed by atoms with E-state index in [0.29, 0.717) is 44.6 Å². The summed E-state index contributed by atoms with van der Waals surface area (Å²) in [5.74, 6) is -0.725. The lowest BCUT2D eigenvalue weighted by Gasteiger charge is -2.40. The van der Waals surface area contributed by atoms with Crippen molar-refractivity contribution in [1.82, 2.24) is 9.80 Å². The summed E-state index contributed by atoms with van der Waals surface area (Å²) in [7, 11) is 0. The lowest BCUT2D eigenvalue weighted by Crippen LogP contribution is -2.57. The number of nitrogens with zero attached hydrogens (tertiary/aromatic N) is 2. The summed E-state index contributed by atoms with van der Waals surface area (Å²) in [5.41, 5.74) is -0.774. The van der Waals surface area contributed by atoms with Gasteiger partial charge in [0.15, 0.2) is 0 Å². The Labute approximate surface area is 141 Å². The van der Waals surface area contributed by atoms with Gasteiger partial charge in [0.05, 0.1) is 0 Å². The number of carbonyl (C=O) groups excluding carboxylic acids is 2. The van der Waals surface area contributed by atoms with Crippen LogP contribution in [0.3, 0.4) is 0 Å². The lowest BCUT2D eigenvalue weighted by molar-refractivity contribution is -0.156. The monoisotopic (exact) mass is 334 g/mol. The molecule has 0 unspecified atom stereocenters. The second-order valence-corrected chi connectivity index (χ2v) is 6.68. The summed E-state index contributed by atoms with van der Waals surface area (Å²) in [4.78, 5) is 28.3. The second-order valence-electron chi connectivity index (χ2n) is 6.68. The number of benzene rings is 1. The SMILES string of the molecule is O=C(c1ccc(F)cc1)N1CCN(C(=O)C2(O)CCCCC2)CC1. The van der Waals surface area contributed by atoms with Gasteiger partial charge in [0, 0.05) is 31.7 Å². The molecule has 5 nitrogen and oxygen atoms in total. The fourth-order valence-corrected chi connectivity index (χ4v) is 3.53. The molecule has 1 heterocycles. The van der Waals surface area contributed by atoms with E-state index in [2.05, 4.69) is 0 Å². The highest BCUT2D eigenvalue weighted by Gasteiger charge is 2.41. The smallest absolute Gasteiger partial charge is 0.254 e. The van der Waals surface area contributed by atoms with Crippen LogP contribution < -0.4 is 0 Å². The Morgan fingerprint density at radius 2 is 1.46 bits per heavy atom. The Bertz CT molecular complexity index is 603. The molecule has 0 bridgehead atoms. The summed E-state index contributed by atoms with van der Waals surface area (Å²) in [6.45, 7) is 1.71. The molecule has 6 heteroatoms. The van der Waals surface area contributed by atoms with Crippen LogP contribution in [0, 0.1) is 5.82 Å². The molecule has 0 aromatic heterocycles. The number of piperazine rings is 1. The number of halogens is 1. The Morgan fingerprint density at radius 3 is 2.04 bits per heavy atom. The van der Waals surface area contributed by atoms with Crippen LogP contribution in [0.15, 0.2) is 24.3 Å². The maximum atomic E-state index is 13.0. The molecular formula is C18H23FN2O3. The largest absolute Gasteiger partial charge is 0.380 e. The van der Waals surface area contributed by atoms with Gasteiger partial charge in [-0.05, 0) is 37.1 Å². The molecule has 1 saturated heterocycles. The molecule has 2 fully saturated rings. The van der Waals surface area contributed by atoms with Gasteiger partial charge in [-0.2, -0.15) is 0 Å². The van der Waals surface area contributed by atoms with E-state index in [-0.39, 0.29) is 17.6 Å². The van der Waals surface area contributed by atoms with Crippen molar-refractivity contribution < 1.29 is 19.1 Å². The van der Waals surface area contributed by atoms with E-state index in [1.807, 2.05) is 0 Å². The molecule has 3 rings (SSSR count). The average Bonchev–Trinajstić information content (AvgIpc) is 2.62. The zero-order valence-corrected chi connectivity index (χ0v) is 13.7. The van der Waals surface area contributed by atoms with Crippen molar-refractivity contribution in [1.29, 1.82) is 0 Å². The third kappa shape index (κ3) is 3.43. The van der Waals surface area contributed by atoms with Crippen molar-refractivity contribution in [2.75, 3.05) is 26.2 Å². The molecular weight excluding hydrogens is 311 g/mol. The molecule has 0 radical (unpaired) electrons. The van der Waals surface area contributed by atoms with E-state index in [1.54, 1.807) is 9.80 Å². The number of hydrogen-bond donors (Lipinski definition) is 1. The van der Waals surface area contributed by atoms with Crippen LogP contribution in [0.1, 0.15) is 42.5 Å². The molecule has 1 aliphatic carbocycles. The minimum Gasteiger partial charge on any atom is -0.380 e. The van der Waals surface area contributed by atoms with Crippen molar-refractivity contribution in [3.63, 3.8) is 0 Å². The van der Waals surface area contributed by atoms with Crippen LogP contribution in [0.4, 0.5) is 4.39 Å². The van der Waals surface area contributed by atoms with Crippen molar-refractivity contribution in [3.05, 3.63) is 35.6 Å². The van der Waals surface area contributed by atoms with Gasteiger partial charge in [0.25, 0.3) is 11.8 Å². The number of hydrogen-bond acceptors (Lipinski definition) is 3. The molecule has 1 saturated carbocycles. The highest BCUT2D eigenvalue weighted by molar-refractivity contribution is 5.94. The van der Waals surface area contributed by atoms with Gasteiger partial charge in [-0.1, -0.05) is 19.3 Å². The van der Waals surface area contributed by atoms with E-state index in [0.717, 1.165) is 19.3 Å². The van der Waals surface area contributed by atoms with Gasteiger partial charge in [-0.25, -0.2) is 4.39 Å². The first kappa shape index (κ1) is 16.9. The maximum absolute atomic E-state index is 13.0. The Hall–Kier alpha value is -1.95. The fourth-order valence-electron chi connectivity index (χ4n) is 3.53. The van der Waals surface area contributed by atoms with Crippen LogP contribution in [0.2, 0.25) is 0 Å². The van der Waals surface area contributed by atoms with Crippen molar-refractivity contribution in [2.45, 2.75) is 37.7 Å². The van der Waals surface area contributed by atoms with Crippen LogP contribution in [-0.2, 0) is 4.79 Å². The van der Waals surface area contributed by atoms with Crippen molar-refractivity contribution in [3.8, 4) is 0 Å². The normalized spacial score (nSPS) is 20.8. The molecule has 24 heavy (non-hydrogen) atoms. The lowest BCUT2D eigenvalue weighted by atomic mass is 9.83. The first-order chi connectivity index (χ1) is 11.5. The highest BCUT2D eigenvalue weighted by Crippen LogP contribution is 2.30. The average molecular weight is 334 g/mol. The predicted octanol–water partition coefficient (Wildman–Crippen LogP) is 1.81.